The lowest BCUT2D eigenvalue weighted by atomic mass is 9.33. The van der Waals surface area contributed by atoms with Crippen LogP contribution in [-0.2, 0) is 0 Å². The van der Waals surface area contributed by atoms with E-state index >= 15 is 0 Å². The van der Waals surface area contributed by atoms with Gasteiger partial charge in [0.1, 0.15) is 6.07 Å². The molecule has 0 atom stereocenters. The van der Waals surface area contributed by atoms with Crippen LogP contribution in [0.3, 0.4) is 0 Å². The first-order chi connectivity index (χ1) is 20.3. The molecule has 6 nitrogen and oxygen atoms in total. The molecule has 0 spiro atoms. The van der Waals surface area contributed by atoms with E-state index in [1.165, 1.54) is 10.9 Å². The standard InChI is InChI=1S/C34H21BN6/c36-22-31-37-33(23-12-3-1-4-13-23)39-34(38-31)41-28-19-10-8-17-26(28)35-25-16-7-9-18-27(25)40(24-14-5-2-6-15-24)29-20-11-21-30(41)32(29)35/h1-21H. The van der Waals surface area contributed by atoms with Crippen molar-refractivity contribution in [1.82, 2.24) is 15.0 Å². The van der Waals surface area contributed by atoms with Crippen molar-refractivity contribution >= 4 is 57.5 Å². The summed E-state index contributed by atoms with van der Waals surface area (Å²) in [6.45, 7) is 0.0238. The normalized spacial score (nSPS) is 12.7. The minimum Gasteiger partial charge on any atom is -0.311 e. The maximum absolute atomic E-state index is 9.90. The van der Waals surface area contributed by atoms with E-state index in [0.717, 1.165) is 39.5 Å². The summed E-state index contributed by atoms with van der Waals surface area (Å²) in [5.41, 5.74) is 9.73. The molecule has 0 saturated carbocycles. The summed E-state index contributed by atoms with van der Waals surface area (Å²) in [6.07, 6.45) is 0. The van der Waals surface area contributed by atoms with E-state index in [0.29, 0.717) is 11.8 Å². The van der Waals surface area contributed by atoms with Crippen LogP contribution in [0.5, 0.6) is 0 Å². The molecule has 0 amide bonds. The van der Waals surface area contributed by atoms with Crippen molar-refractivity contribution in [3.8, 4) is 17.5 Å². The Labute approximate surface area is 237 Å². The Morgan fingerprint density at radius 2 is 1.10 bits per heavy atom. The van der Waals surface area contributed by atoms with Gasteiger partial charge in [-0.15, -0.1) is 0 Å². The highest BCUT2D eigenvalue weighted by Crippen LogP contribution is 2.42. The molecule has 0 radical (unpaired) electrons. The molecule has 2 aliphatic heterocycles. The maximum atomic E-state index is 9.90. The van der Waals surface area contributed by atoms with Crippen LogP contribution >= 0.6 is 0 Å². The van der Waals surface area contributed by atoms with Gasteiger partial charge in [0, 0.05) is 34.0 Å². The number of aromatic nitrogens is 3. The van der Waals surface area contributed by atoms with Crippen molar-refractivity contribution < 1.29 is 0 Å². The van der Waals surface area contributed by atoms with Crippen LogP contribution in [0.4, 0.5) is 34.4 Å². The van der Waals surface area contributed by atoms with E-state index in [2.05, 4.69) is 111 Å². The summed E-state index contributed by atoms with van der Waals surface area (Å²) in [4.78, 5) is 18.4. The fourth-order valence-corrected chi connectivity index (χ4v) is 6.14. The van der Waals surface area contributed by atoms with Crippen LogP contribution in [0.2, 0.25) is 0 Å². The fraction of sp³-hybridized carbons (Fsp3) is 0. The molecule has 0 fully saturated rings. The quantitative estimate of drug-likeness (QED) is 0.285. The van der Waals surface area contributed by atoms with Crippen LogP contribution in [-0.4, -0.2) is 21.7 Å². The second-order valence-corrected chi connectivity index (χ2v) is 10.0. The average molecular weight is 524 g/mol. The lowest BCUT2D eigenvalue weighted by molar-refractivity contribution is 0.992. The number of anilines is 6. The summed E-state index contributed by atoms with van der Waals surface area (Å²) < 4.78 is 0. The summed E-state index contributed by atoms with van der Waals surface area (Å²) in [7, 11) is 0. The third kappa shape index (κ3) is 3.55. The second-order valence-electron chi connectivity index (χ2n) is 10.0. The van der Waals surface area contributed by atoms with Crippen molar-refractivity contribution in [1.29, 1.82) is 5.26 Å². The molecule has 3 heterocycles. The lowest BCUT2D eigenvalue weighted by Gasteiger charge is -2.43. The second kappa shape index (κ2) is 9.18. The van der Waals surface area contributed by atoms with Gasteiger partial charge < -0.3 is 4.90 Å². The molecule has 0 aliphatic carbocycles. The molecule has 1 aromatic heterocycles. The van der Waals surface area contributed by atoms with E-state index in [-0.39, 0.29) is 12.5 Å². The number of fused-ring (bicyclic) bond motifs is 4. The molecule has 8 rings (SSSR count). The number of para-hydroxylation sites is 3. The Kier molecular flexibility index (Phi) is 5.19. The zero-order chi connectivity index (χ0) is 27.3. The maximum Gasteiger partial charge on any atom is 0.252 e. The molecular formula is C34H21BN6. The van der Waals surface area contributed by atoms with Crippen LogP contribution in [0.15, 0.2) is 127 Å². The Balaban J connectivity index is 1.42. The number of benzene rings is 5. The van der Waals surface area contributed by atoms with Gasteiger partial charge in [-0.1, -0.05) is 91.0 Å². The van der Waals surface area contributed by atoms with E-state index < -0.39 is 0 Å². The largest absolute Gasteiger partial charge is 0.311 e. The van der Waals surface area contributed by atoms with Crippen molar-refractivity contribution in [2.24, 2.45) is 0 Å². The molecule has 7 heteroatoms. The fourth-order valence-electron chi connectivity index (χ4n) is 6.14. The highest BCUT2D eigenvalue weighted by atomic mass is 15.3. The van der Waals surface area contributed by atoms with Crippen LogP contribution in [0.1, 0.15) is 5.82 Å². The van der Waals surface area contributed by atoms with Gasteiger partial charge in [0.25, 0.3) is 6.71 Å². The highest BCUT2D eigenvalue weighted by molar-refractivity contribution is 7.00. The first kappa shape index (κ1) is 23.2. The molecule has 190 valence electrons. The highest BCUT2D eigenvalue weighted by Gasteiger charge is 2.43. The molecule has 0 unspecified atom stereocenters. The number of rotatable bonds is 3. The summed E-state index contributed by atoms with van der Waals surface area (Å²) in [5, 5.41) is 9.90. The van der Waals surface area contributed by atoms with Crippen molar-refractivity contribution in [3.63, 3.8) is 0 Å². The molecule has 0 N–H and O–H groups in total. The summed E-state index contributed by atoms with van der Waals surface area (Å²) >= 11 is 0. The Morgan fingerprint density at radius 1 is 0.537 bits per heavy atom. The molecule has 0 saturated heterocycles. The SMILES string of the molecule is N#Cc1nc(-c2ccccc2)nc(N2c3ccccc3B3c4ccccc4N(c4ccccc4)c4cccc2c43)n1. The average Bonchev–Trinajstić information content (AvgIpc) is 3.05. The number of nitrogens with zero attached hydrogens (tertiary/aromatic N) is 6. The van der Waals surface area contributed by atoms with Gasteiger partial charge in [-0.2, -0.15) is 20.2 Å². The molecule has 2 aliphatic rings. The minimum atomic E-state index is 0.0238. The van der Waals surface area contributed by atoms with Gasteiger partial charge in [-0.05, 0) is 52.8 Å². The van der Waals surface area contributed by atoms with Gasteiger partial charge >= 0.3 is 0 Å². The van der Waals surface area contributed by atoms with E-state index in [9.17, 15) is 5.26 Å². The van der Waals surface area contributed by atoms with Gasteiger partial charge in [-0.25, -0.2) is 0 Å². The van der Waals surface area contributed by atoms with Crippen molar-refractivity contribution in [2.45, 2.75) is 0 Å². The Hall–Kier alpha value is -5.74. The monoisotopic (exact) mass is 524 g/mol. The minimum absolute atomic E-state index is 0.0238. The third-order valence-electron chi connectivity index (χ3n) is 7.78. The topological polar surface area (TPSA) is 68.9 Å². The number of hydrogen-bond acceptors (Lipinski definition) is 6. The Bertz CT molecular complexity index is 1990. The van der Waals surface area contributed by atoms with Crippen LogP contribution in [0, 0.1) is 11.3 Å². The van der Waals surface area contributed by atoms with E-state index in [1.807, 2.05) is 42.5 Å². The van der Waals surface area contributed by atoms with E-state index in [4.69, 9.17) is 4.98 Å². The summed E-state index contributed by atoms with van der Waals surface area (Å²) in [5.74, 6) is 0.960. The lowest BCUT2D eigenvalue weighted by Crippen LogP contribution is -2.61. The first-order valence-corrected chi connectivity index (χ1v) is 13.5. The van der Waals surface area contributed by atoms with E-state index in [1.54, 1.807) is 0 Å². The summed E-state index contributed by atoms with van der Waals surface area (Å²) in [6, 6.07) is 45.8. The predicted octanol–water partition coefficient (Wildman–Crippen LogP) is 5.49. The van der Waals surface area contributed by atoms with Gasteiger partial charge in [0.15, 0.2) is 5.82 Å². The number of hydrogen-bond donors (Lipinski definition) is 0. The van der Waals surface area contributed by atoms with Gasteiger partial charge in [0.05, 0.1) is 0 Å². The molecule has 5 aromatic carbocycles. The first-order valence-electron chi connectivity index (χ1n) is 13.5. The van der Waals surface area contributed by atoms with Crippen molar-refractivity contribution in [3.05, 3.63) is 133 Å². The smallest absolute Gasteiger partial charge is 0.252 e. The van der Waals surface area contributed by atoms with Crippen molar-refractivity contribution in [2.75, 3.05) is 9.80 Å². The molecular weight excluding hydrogens is 503 g/mol. The predicted molar refractivity (Wildman–Crippen MR) is 164 cm³/mol. The molecule has 6 aromatic rings. The Morgan fingerprint density at radius 3 is 1.78 bits per heavy atom. The zero-order valence-corrected chi connectivity index (χ0v) is 21.9. The van der Waals surface area contributed by atoms with Gasteiger partial charge in [0.2, 0.25) is 11.8 Å². The van der Waals surface area contributed by atoms with Crippen LogP contribution < -0.4 is 26.2 Å². The molecule has 0 bridgehead atoms. The van der Waals surface area contributed by atoms with Gasteiger partial charge in [-0.3, -0.25) is 4.90 Å². The molecule has 41 heavy (non-hydrogen) atoms. The zero-order valence-electron chi connectivity index (χ0n) is 21.9. The van der Waals surface area contributed by atoms with Crippen LogP contribution in [0.25, 0.3) is 11.4 Å². The third-order valence-corrected chi connectivity index (χ3v) is 7.78. The number of nitriles is 1.